The number of nitrogens with one attached hydrogen (secondary N) is 2. The lowest BCUT2D eigenvalue weighted by atomic mass is 9.92. The maximum absolute atomic E-state index is 12.6. The highest BCUT2D eigenvalue weighted by Crippen LogP contribution is 2.34. The van der Waals surface area contributed by atoms with Gasteiger partial charge in [0.2, 0.25) is 5.91 Å². The number of H-pyrrole nitrogens is 1. The van der Waals surface area contributed by atoms with Crippen LogP contribution in [0.4, 0.5) is 5.69 Å². The van der Waals surface area contributed by atoms with Gasteiger partial charge in [-0.05, 0) is 36.8 Å². The minimum absolute atomic E-state index is 0.0156. The molecule has 1 aliphatic heterocycles. The summed E-state index contributed by atoms with van der Waals surface area (Å²) in [7, 11) is 0. The van der Waals surface area contributed by atoms with Crippen LogP contribution in [0, 0.1) is 0 Å². The van der Waals surface area contributed by atoms with Gasteiger partial charge in [-0.3, -0.25) is 9.89 Å². The summed E-state index contributed by atoms with van der Waals surface area (Å²) in [5.74, 6) is 1.29. The van der Waals surface area contributed by atoms with Crippen molar-refractivity contribution in [2.24, 2.45) is 0 Å². The summed E-state index contributed by atoms with van der Waals surface area (Å²) in [5, 5.41) is 9.63. The first-order valence-electron chi connectivity index (χ1n) is 7.79. The molecule has 1 amide bonds. The SMILES string of the molecule is O=C(Nc1ccc(-c2ncn[nH]2)cc1)[C@H]1CCOc2ccccc21. The predicted octanol–water partition coefficient (Wildman–Crippen LogP) is 2.98. The fourth-order valence-corrected chi connectivity index (χ4v) is 2.90. The van der Waals surface area contributed by atoms with Gasteiger partial charge in [0.15, 0.2) is 5.82 Å². The van der Waals surface area contributed by atoms with Crippen molar-refractivity contribution in [2.75, 3.05) is 11.9 Å². The molecular weight excluding hydrogens is 304 g/mol. The standard InChI is InChI=1S/C18H16N4O2/c23-18(15-9-10-24-16-4-2-1-3-14(15)16)21-13-7-5-12(6-8-13)17-19-11-20-22-17/h1-8,11,15H,9-10H2,(H,21,23)(H,19,20,22)/t15-/m0/s1. The van der Waals surface area contributed by atoms with Gasteiger partial charge in [0.05, 0.1) is 12.5 Å². The zero-order valence-corrected chi connectivity index (χ0v) is 12.9. The fraction of sp³-hybridized carbons (Fsp3) is 0.167. The normalized spacial score (nSPS) is 16.1. The van der Waals surface area contributed by atoms with Crippen LogP contribution in [-0.4, -0.2) is 27.7 Å². The first kappa shape index (κ1) is 14.4. The molecule has 0 unspecified atom stereocenters. The number of benzene rings is 2. The number of para-hydroxylation sites is 1. The Kier molecular flexibility index (Phi) is 3.70. The molecule has 0 saturated carbocycles. The van der Waals surface area contributed by atoms with Crippen LogP contribution in [0.1, 0.15) is 17.9 Å². The van der Waals surface area contributed by atoms with Gasteiger partial charge in [-0.25, -0.2) is 4.98 Å². The number of rotatable bonds is 3. The average Bonchev–Trinajstić information content (AvgIpc) is 3.16. The monoisotopic (exact) mass is 320 g/mol. The van der Waals surface area contributed by atoms with Gasteiger partial charge in [0, 0.05) is 16.8 Å². The topological polar surface area (TPSA) is 79.9 Å². The Morgan fingerprint density at radius 2 is 2.00 bits per heavy atom. The Bertz CT molecular complexity index is 844. The molecule has 0 aliphatic carbocycles. The molecule has 0 saturated heterocycles. The number of carbonyl (C=O) groups excluding carboxylic acids is 1. The van der Waals surface area contributed by atoms with Crippen LogP contribution in [-0.2, 0) is 4.79 Å². The number of carbonyl (C=O) groups is 1. The van der Waals surface area contributed by atoms with Crippen molar-refractivity contribution < 1.29 is 9.53 Å². The lowest BCUT2D eigenvalue weighted by Crippen LogP contribution is -2.26. The van der Waals surface area contributed by atoms with Gasteiger partial charge in [-0.2, -0.15) is 5.10 Å². The molecule has 1 aromatic heterocycles. The smallest absolute Gasteiger partial charge is 0.232 e. The molecule has 24 heavy (non-hydrogen) atoms. The molecule has 2 heterocycles. The minimum Gasteiger partial charge on any atom is -0.493 e. The van der Waals surface area contributed by atoms with E-state index in [4.69, 9.17) is 4.74 Å². The first-order valence-corrected chi connectivity index (χ1v) is 7.79. The molecule has 6 nitrogen and oxygen atoms in total. The Hall–Kier alpha value is -3.15. The highest BCUT2D eigenvalue weighted by atomic mass is 16.5. The maximum Gasteiger partial charge on any atom is 0.232 e. The third kappa shape index (κ3) is 2.74. The van der Waals surface area contributed by atoms with E-state index in [1.165, 1.54) is 6.33 Å². The Balaban J connectivity index is 1.51. The Labute approximate surface area is 138 Å². The Morgan fingerprint density at radius 3 is 2.79 bits per heavy atom. The molecule has 6 heteroatoms. The lowest BCUT2D eigenvalue weighted by molar-refractivity contribution is -0.118. The third-order valence-electron chi connectivity index (χ3n) is 4.12. The van der Waals surface area contributed by atoms with E-state index in [2.05, 4.69) is 20.5 Å². The quantitative estimate of drug-likeness (QED) is 0.777. The molecule has 2 aromatic carbocycles. The highest BCUT2D eigenvalue weighted by Gasteiger charge is 2.27. The van der Waals surface area contributed by atoms with E-state index in [-0.39, 0.29) is 11.8 Å². The summed E-state index contributed by atoms with van der Waals surface area (Å²) in [6, 6.07) is 15.2. The minimum atomic E-state index is -0.191. The van der Waals surface area contributed by atoms with Crippen LogP contribution >= 0.6 is 0 Å². The first-order chi connectivity index (χ1) is 11.8. The van der Waals surface area contributed by atoms with Crippen LogP contribution in [0.5, 0.6) is 5.75 Å². The van der Waals surface area contributed by atoms with Crippen LogP contribution in [0.15, 0.2) is 54.9 Å². The van der Waals surface area contributed by atoms with E-state index in [0.717, 1.165) is 22.6 Å². The highest BCUT2D eigenvalue weighted by molar-refractivity contribution is 5.96. The maximum atomic E-state index is 12.6. The van der Waals surface area contributed by atoms with Gasteiger partial charge in [-0.1, -0.05) is 18.2 Å². The molecule has 1 atom stereocenters. The van der Waals surface area contributed by atoms with Crippen molar-refractivity contribution >= 4 is 11.6 Å². The number of aromatic nitrogens is 3. The zero-order chi connectivity index (χ0) is 16.4. The van der Waals surface area contributed by atoms with Gasteiger partial charge in [0.25, 0.3) is 0 Å². The number of hydrogen-bond acceptors (Lipinski definition) is 4. The molecule has 2 N–H and O–H groups in total. The van der Waals surface area contributed by atoms with E-state index in [1.54, 1.807) is 0 Å². The van der Waals surface area contributed by atoms with E-state index in [9.17, 15) is 4.79 Å². The van der Waals surface area contributed by atoms with E-state index in [1.807, 2.05) is 48.5 Å². The number of anilines is 1. The van der Waals surface area contributed by atoms with Crippen LogP contribution in [0.3, 0.4) is 0 Å². The van der Waals surface area contributed by atoms with Gasteiger partial charge in [0.1, 0.15) is 12.1 Å². The molecule has 0 radical (unpaired) electrons. The largest absolute Gasteiger partial charge is 0.493 e. The van der Waals surface area contributed by atoms with Crippen molar-refractivity contribution in [3.8, 4) is 17.1 Å². The molecule has 3 aromatic rings. The Morgan fingerprint density at radius 1 is 1.17 bits per heavy atom. The number of aromatic amines is 1. The van der Waals surface area contributed by atoms with Crippen LogP contribution in [0.2, 0.25) is 0 Å². The average molecular weight is 320 g/mol. The van der Waals surface area contributed by atoms with Gasteiger partial charge in [-0.15, -0.1) is 0 Å². The van der Waals surface area contributed by atoms with Crippen LogP contribution in [0.25, 0.3) is 11.4 Å². The van der Waals surface area contributed by atoms with Gasteiger partial charge >= 0.3 is 0 Å². The van der Waals surface area contributed by atoms with Crippen molar-refractivity contribution in [1.82, 2.24) is 15.2 Å². The lowest BCUT2D eigenvalue weighted by Gasteiger charge is -2.25. The zero-order valence-electron chi connectivity index (χ0n) is 12.9. The van der Waals surface area contributed by atoms with Crippen molar-refractivity contribution in [3.05, 3.63) is 60.4 Å². The summed E-state index contributed by atoms with van der Waals surface area (Å²) in [4.78, 5) is 16.8. The number of nitrogens with zero attached hydrogens (tertiary/aromatic N) is 2. The van der Waals surface area contributed by atoms with Crippen LogP contribution < -0.4 is 10.1 Å². The second-order valence-electron chi connectivity index (χ2n) is 5.63. The summed E-state index contributed by atoms with van der Waals surface area (Å²) in [6.45, 7) is 0.555. The van der Waals surface area contributed by atoms with E-state index in [0.29, 0.717) is 18.9 Å². The number of amides is 1. The molecule has 4 rings (SSSR count). The molecule has 120 valence electrons. The summed E-state index contributed by atoms with van der Waals surface area (Å²) >= 11 is 0. The van der Waals surface area contributed by atoms with Crippen molar-refractivity contribution in [3.63, 3.8) is 0 Å². The molecular formula is C18H16N4O2. The third-order valence-corrected chi connectivity index (χ3v) is 4.12. The van der Waals surface area contributed by atoms with Crippen molar-refractivity contribution in [2.45, 2.75) is 12.3 Å². The van der Waals surface area contributed by atoms with E-state index >= 15 is 0 Å². The summed E-state index contributed by atoms with van der Waals surface area (Å²) < 4.78 is 5.61. The predicted molar refractivity (Wildman–Crippen MR) is 89.7 cm³/mol. The fourth-order valence-electron chi connectivity index (χ4n) is 2.90. The number of fused-ring (bicyclic) bond motifs is 1. The van der Waals surface area contributed by atoms with Gasteiger partial charge < -0.3 is 10.1 Å². The second kappa shape index (κ2) is 6.16. The molecule has 0 fully saturated rings. The molecule has 0 bridgehead atoms. The summed E-state index contributed by atoms with van der Waals surface area (Å²) in [5.41, 5.74) is 2.62. The van der Waals surface area contributed by atoms with E-state index < -0.39 is 0 Å². The van der Waals surface area contributed by atoms with Crippen molar-refractivity contribution in [1.29, 1.82) is 0 Å². The second-order valence-corrected chi connectivity index (χ2v) is 5.63. The summed E-state index contributed by atoms with van der Waals surface area (Å²) in [6.07, 6.45) is 2.15. The molecule has 1 aliphatic rings. The number of hydrogen-bond donors (Lipinski definition) is 2. The molecule has 0 spiro atoms. The number of ether oxygens (including phenoxy) is 1.